The van der Waals surface area contributed by atoms with E-state index in [2.05, 4.69) is 21.9 Å². The van der Waals surface area contributed by atoms with Gasteiger partial charge in [-0.05, 0) is 25.3 Å². The van der Waals surface area contributed by atoms with Crippen LogP contribution >= 0.6 is 0 Å². The van der Waals surface area contributed by atoms with E-state index in [1.807, 2.05) is 30.3 Å². The summed E-state index contributed by atoms with van der Waals surface area (Å²) in [6.07, 6.45) is 8.20. The van der Waals surface area contributed by atoms with Crippen LogP contribution in [0.3, 0.4) is 0 Å². The maximum absolute atomic E-state index is 12.1. The van der Waals surface area contributed by atoms with Crippen LogP contribution < -0.4 is 10.9 Å². The number of amides is 2. The van der Waals surface area contributed by atoms with Gasteiger partial charge in [-0.15, -0.1) is 0 Å². The number of hydrogen-bond acceptors (Lipinski definition) is 2. The Bertz CT molecular complexity index is 702. The molecule has 2 aromatic rings. The van der Waals surface area contributed by atoms with Crippen molar-refractivity contribution in [2.75, 3.05) is 0 Å². The first kappa shape index (κ1) is 13.4. The van der Waals surface area contributed by atoms with E-state index in [0.717, 1.165) is 30.2 Å². The SMILES string of the molecule is O=C(NNC(=O)C1CC=CCC1)c1c[nH]c2ccccc12. The van der Waals surface area contributed by atoms with Crippen molar-refractivity contribution in [2.24, 2.45) is 5.92 Å². The van der Waals surface area contributed by atoms with Gasteiger partial charge in [0.2, 0.25) is 5.91 Å². The molecule has 1 aromatic heterocycles. The molecule has 1 aromatic carbocycles. The Balaban J connectivity index is 1.64. The predicted molar refractivity (Wildman–Crippen MR) is 80.4 cm³/mol. The number of hydrazine groups is 1. The second-order valence-corrected chi connectivity index (χ2v) is 5.17. The number of benzene rings is 1. The van der Waals surface area contributed by atoms with Crippen molar-refractivity contribution in [1.29, 1.82) is 0 Å². The van der Waals surface area contributed by atoms with Crippen molar-refractivity contribution in [3.63, 3.8) is 0 Å². The monoisotopic (exact) mass is 283 g/mol. The summed E-state index contributed by atoms with van der Waals surface area (Å²) in [7, 11) is 0. The molecule has 1 heterocycles. The first-order chi connectivity index (χ1) is 10.3. The molecule has 1 aliphatic carbocycles. The van der Waals surface area contributed by atoms with Crippen LogP contribution in [-0.2, 0) is 4.79 Å². The van der Waals surface area contributed by atoms with Gasteiger partial charge in [0, 0.05) is 23.0 Å². The van der Waals surface area contributed by atoms with Crippen LogP contribution in [-0.4, -0.2) is 16.8 Å². The van der Waals surface area contributed by atoms with E-state index < -0.39 is 0 Å². The van der Waals surface area contributed by atoms with Gasteiger partial charge >= 0.3 is 0 Å². The van der Waals surface area contributed by atoms with E-state index in [1.165, 1.54) is 0 Å². The van der Waals surface area contributed by atoms with Gasteiger partial charge in [-0.3, -0.25) is 20.4 Å². The molecule has 0 spiro atoms. The molecular formula is C16H17N3O2. The molecule has 1 aliphatic rings. The summed E-state index contributed by atoms with van der Waals surface area (Å²) >= 11 is 0. The van der Waals surface area contributed by atoms with Crippen molar-refractivity contribution in [2.45, 2.75) is 19.3 Å². The summed E-state index contributed by atoms with van der Waals surface area (Å²) in [4.78, 5) is 27.2. The molecule has 1 atom stereocenters. The Hall–Kier alpha value is -2.56. The number of allylic oxidation sites excluding steroid dienone is 2. The van der Waals surface area contributed by atoms with E-state index in [9.17, 15) is 9.59 Å². The highest BCUT2D eigenvalue weighted by atomic mass is 16.2. The fourth-order valence-corrected chi connectivity index (χ4v) is 2.58. The van der Waals surface area contributed by atoms with Gasteiger partial charge in [-0.1, -0.05) is 30.4 Å². The minimum atomic E-state index is -0.313. The Labute approximate surface area is 122 Å². The highest BCUT2D eigenvalue weighted by Gasteiger charge is 2.19. The van der Waals surface area contributed by atoms with Crippen LogP contribution in [0, 0.1) is 5.92 Å². The zero-order chi connectivity index (χ0) is 14.7. The molecule has 5 nitrogen and oxygen atoms in total. The van der Waals surface area contributed by atoms with Gasteiger partial charge < -0.3 is 4.98 Å². The van der Waals surface area contributed by atoms with Crippen LogP contribution in [0.4, 0.5) is 0 Å². The zero-order valence-corrected chi connectivity index (χ0v) is 11.6. The quantitative estimate of drug-likeness (QED) is 0.584. The lowest BCUT2D eigenvalue weighted by Gasteiger charge is -2.17. The standard InChI is InChI=1S/C16H17N3O2/c20-15(11-6-2-1-3-7-11)18-19-16(21)13-10-17-14-9-5-4-8-12(13)14/h1-2,4-5,8-11,17H,3,6-7H2,(H,18,20)(H,19,21). The molecule has 3 N–H and O–H groups in total. The summed E-state index contributed by atoms with van der Waals surface area (Å²) in [5.41, 5.74) is 6.43. The molecule has 5 heteroatoms. The van der Waals surface area contributed by atoms with Crippen molar-refractivity contribution in [3.8, 4) is 0 Å². The second kappa shape index (κ2) is 5.83. The van der Waals surface area contributed by atoms with E-state index in [1.54, 1.807) is 6.20 Å². The van der Waals surface area contributed by atoms with E-state index in [0.29, 0.717) is 5.56 Å². The molecule has 1 unspecified atom stereocenters. The number of nitrogens with one attached hydrogen (secondary N) is 3. The van der Waals surface area contributed by atoms with E-state index >= 15 is 0 Å². The smallest absolute Gasteiger partial charge is 0.271 e. The second-order valence-electron chi connectivity index (χ2n) is 5.17. The topological polar surface area (TPSA) is 74.0 Å². The third kappa shape index (κ3) is 2.81. The number of aromatic amines is 1. The molecule has 2 amide bonds. The average Bonchev–Trinajstić information content (AvgIpc) is 2.97. The fraction of sp³-hybridized carbons (Fsp3) is 0.250. The lowest BCUT2D eigenvalue weighted by molar-refractivity contribution is -0.126. The normalized spacial score (nSPS) is 17.6. The number of hydrogen-bond donors (Lipinski definition) is 3. The summed E-state index contributed by atoms with van der Waals surface area (Å²) in [5.74, 6) is -0.502. The van der Waals surface area contributed by atoms with Gasteiger partial charge in [0.05, 0.1) is 5.56 Å². The maximum atomic E-state index is 12.1. The van der Waals surface area contributed by atoms with E-state index in [-0.39, 0.29) is 17.7 Å². The Morgan fingerprint density at radius 3 is 2.81 bits per heavy atom. The fourth-order valence-electron chi connectivity index (χ4n) is 2.58. The zero-order valence-electron chi connectivity index (χ0n) is 11.6. The minimum Gasteiger partial charge on any atom is -0.360 e. The van der Waals surface area contributed by atoms with Crippen LogP contribution in [0.25, 0.3) is 10.9 Å². The van der Waals surface area contributed by atoms with Crippen LogP contribution in [0.1, 0.15) is 29.6 Å². The van der Waals surface area contributed by atoms with Crippen molar-refractivity contribution in [1.82, 2.24) is 15.8 Å². The Kier molecular flexibility index (Phi) is 3.73. The van der Waals surface area contributed by atoms with Gasteiger partial charge in [0.25, 0.3) is 5.91 Å². The highest BCUT2D eigenvalue weighted by Crippen LogP contribution is 2.18. The molecule has 0 bridgehead atoms. The molecular weight excluding hydrogens is 266 g/mol. The lowest BCUT2D eigenvalue weighted by Crippen LogP contribution is -2.44. The van der Waals surface area contributed by atoms with Crippen molar-refractivity contribution >= 4 is 22.7 Å². The first-order valence-corrected chi connectivity index (χ1v) is 7.07. The average molecular weight is 283 g/mol. The van der Waals surface area contributed by atoms with Crippen molar-refractivity contribution in [3.05, 3.63) is 48.2 Å². The van der Waals surface area contributed by atoms with Crippen LogP contribution in [0.5, 0.6) is 0 Å². The number of para-hydroxylation sites is 1. The number of carbonyl (C=O) groups is 2. The number of fused-ring (bicyclic) bond motifs is 1. The van der Waals surface area contributed by atoms with Gasteiger partial charge in [0.15, 0.2) is 0 Å². The number of carbonyl (C=O) groups excluding carboxylic acids is 2. The largest absolute Gasteiger partial charge is 0.360 e. The molecule has 21 heavy (non-hydrogen) atoms. The van der Waals surface area contributed by atoms with Crippen LogP contribution in [0.2, 0.25) is 0 Å². The summed E-state index contributed by atoms with van der Waals surface area (Å²) in [5, 5.41) is 0.838. The van der Waals surface area contributed by atoms with Gasteiger partial charge in [-0.2, -0.15) is 0 Å². The molecule has 0 radical (unpaired) electrons. The Morgan fingerprint density at radius 2 is 2.00 bits per heavy atom. The van der Waals surface area contributed by atoms with Gasteiger partial charge in [-0.25, -0.2) is 0 Å². The minimum absolute atomic E-state index is 0.0572. The van der Waals surface area contributed by atoms with Crippen LogP contribution in [0.15, 0.2) is 42.6 Å². The summed E-state index contributed by atoms with van der Waals surface area (Å²) in [6.45, 7) is 0. The van der Waals surface area contributed by atoms with E-state index in [4.69, 9.17) is 0 Å². The molecule has 0 saturated heterocycles. The lowest BCUT2D eigenvalue weighted by atomic mass is 9.94. The summed E-state index contributed by atoms with van der Waals surface area (Å²) in [6, 6.07) is 7.55. The number of aromatic nitrogens is 1. The molecule has 108 valence electrons. The molecule has 0 fully saturated rings. The maximum Gasteiger partial charge on any atom is 0.271 e. The third-order valence-electron chi connectivity index (χ3n) is 3.77. The molecule has 0 saturated carbocycles. The summed E-state index contributed by atoms with van der Waals surface area (Å²) < 4.78 is 0. The number of H-pyrrole nitrogens is 1. The molecule has 0 aliphatic heterocycles. The highest BCUT2D eigenvalue weighted by molar-refractivity contribution is 6.07. The molecule has 3 rings (SSSR count). The third-order valence-corrected chi connectivity index (χ3v) is 3.77. The van der Waals surface area contributed by atoms with Crippen molar-refractivity contribution < 1.29 is 9.59 Å². The predicted octanol–water partition coefficient (Wildman–Crippen LogP) is 2.29. The first-order valence-electron chi connectivity index (χ1n) is 7.07. The Morgan fingerprint density at radius 1 is 1.14 bits per heavy atom. The van der Waals surface area contributed by atoms with Gasteiger partial charge in [0.1, 0.15) is 0 Å². The number of rotatable bonds is 2.